The van der Waals surface area contributed by atoms with Crippen molar-refractivity contribution in [2.45, 2.75) is 31.6 Å². The maximum absolute atomic E-state index is 12.9. The Morgan fingerprint density at radius 1 is 1.11 bits per heavy atom. The third-order valence-electron chi connectivity index (χ3n) is 6.03. The van der Waals surface area contributed by atoms with Crippen molar-refractivity contribution in [1.82, 2.24) is 14.5 Å². The second-order valence-electron chi connectivity index (χ2n) is 8.30. The summed E-state index contributed by atoms with van der Waals surface area (Å²) in [5, 5.41) is 5.27. The van der Waals surface area contributed by atoms with Gasteiger partial charge < -0.3 is 9.47 Å². The van der Waals surface area contributed by atoms with Gasteiger partial charge in [-0.2, -0.15) is 13.2 Å². The van der Waals surface area contributed by atoms with Crippen LogP contribution in [0, 0.1) is 0 Å². The van der Waals surface area contributed by atoms with E-state index in [9.17, 15) is 18.0 Å². The van der Waals surface area contributed by atoms with E-state index in [0.717, 1.165) is 48.5 Å². The molecule has 1 atom stereocenters. The van der Waals surface area contributed by atoms with E-state index in [0.29, 0.717) is 17.4 Å². The standard InChI is InChI=1S/C25H22F3N5OS/c26-25(27,28)18-5-7-19(8-6-18)33-14-2-3-21(33)20-16-35-24(30-20)31-23(34)22-4-1-13-32(22)15-17-9-11-29-12-10-17/h1,4-13,16,21H,2-3,14-15H2,(H,30,31,34)/t21-/m1/s1. The zero-order valence-electron chi connectivity index (χ0n) is 18.6. The second kappa shape index (κ2) is 9.53. The van der Waals surface area contributed by atoms with Crippen LogP contribution in [0.15, 0.2) is 72.5 Å². The summed E-state index contributed by atoms with van der Waals surface area (Å²) in [6.07, 6.45) is 2.67. The number of hydrogen-bond donors (Lipinski definition) is 1. The van der Waals surface area contributed by atoms with Crippen LogP contribution in [-0.2, 0) is 12.7 Å². The molecule has 0 unspecified atom stereocenters. The molecule has 1 aromatic carbocycles. The lowest BCUT2D eigenvalue weighted by Gasteiger charge is -2.26. The number of nitrogens with one attached hydrogen (secondary N) is 1. The highest BCUT2D eigenvalue weighted by atomic mass is 32.1. The SMILES string of the molecule is O=C(Nc1nc([C@H]2CCCN2c2ccc(C(F)(F)F)cc2)cs1)c1cccn1Cc1ccncc1. The van der Waals surface area contributed by atoms with Gasteiger partial charge in [-0.3, -0.25) is 15.1 Å². The Bertz CT molecular complexity index is 1300. The van der Waals surface area contributed by atoms with Crippen LogP contribution in [0.3, 0.4) is 0 Å². The van der Waals surface area contributed by atoms with Crippen LogP contribution >= 0.6 is 11.3 Å². The molecule has 4 heterocycles. The maximum Gasteiger partial charge on any atom is 0.416 e. The summed E-state index contributed by atoms with van der Waals surface area (Å²) in [6.45, 7) is 1.28. The van der Waals surface area contributed by atoms with Gasteiger partial charge in [0.25, 0.3) is 5.91 Å². The van der Waals surface area contributed by atoms with Crippen molar-refractivity contribution in [2.24, 2.45) is 0 Å². The number of anilines is 2. The van der Waals surface area contributed by atoms with Gasteiger partial charge in [0.05, 0.1) is 17.3 Å². The van der Waals surface area contributed by atoms with Crippen molar-refractivity contribution in [1.29, 1.82) is 0 Å². The molecule has 0 radical (unpaired) electrons. The molecule has 1 N–H and O–H groups in total. The smallest absolute Gasteiger partial charge is 0.363 e. The third kappa shape index (κ3) is 5.07. The predicted molar refractivity (Wildman–Crippen MR) is 129 cm³/mol. The quantitative estimate of drug-likeness (QED) is 0.355. The summed E-state index contributed by atoms with van der Waals surface area (Å²) >= 11 is 1.34. The van der Waals surface area contributed by atoms with Crippen molar-refractivity contribution in [3.8, 4) is 0 Å². The summed E-state index contributed by atoms with van der Waals surface area (Å²) in [4.78, 5) is 23.7. The minimum absolute atomic E-state index is 0.0517. The fourth-order valence-electron chi connectivity index (χ4n) is 4.33. The molecule has 1 saturated heterocycles. The predicted octanol–water partition coefficient (Wildman–Crippen LogP) is 6.00. The Labute approximate surface area is 204 Å². The average Bonchev–Trinajstić information content (AvgIpc) is 3.60. The number of alkyl halides is 3. The molecule has 180 valence electrons. The maximum atomic E-state index is 12.9. The van der Waals surface area contributed by atoms with Crippen molar-refractivity contribution >= 4 is 28.1 Å². The van der Waals surface area contributed by atoms with Gasteiger partial charge in [-0.05, 0) is 66.9 Å². The molecule has 0 saturated carbocycles. The summed E-state index contributed by atoms with van der Waals surface area (Å²) in [5.41, 5.74) is 2.42. The number of carbonyl (C=O) groups is 1. The molecule has 1 aliphatic heterocycles. The highest BCUT2D eigenvalue weighted by Crippen LogP contribution is 2.38. The van der Waals surface area contributed by atoms with Crippen LogP contribution in [0.5, 0.6) is 0 Å². The van der Waals surface area contributed by atoms with E-state index in [1.54, 1.807) is 18.5 Å². The Morgan fingerprint density at radius 2 is 1.89 bits per heavy atom. The van der Waals surface area contributed by atoms with E-state index in [1.165, 1.54) is 23.5 Å². The topological polar surface area (TPSA) is 63.1 Å². The molecule has 0 spiro atoms. The van der Waals surface area contributed by atoms with Gasteiger partial charge in [0, 0.05) is 42.7 Å². The largest absolute Gasteiger partial charge is 0.416 e. The summed E-state index contributed by atoms with van der Waals surface area (Å²) in [6, 6.07) is 12.6. The summed E-state index contributed by atoms with van der Waals surface area (Å²) in [5.74, 6) is -0.254. The fraction of sp³-hybridized carbons (Fsp3) is 0.240. The lowest BCUT2D eigenvalue weighted by atomic mass is 10.1. The van der Waals surface area contributed by atoms with Gasteiger partial charge in [0.15, 0.2) is 5.13 Å². The van der Waals surface area contributed by atoms with Gasteiger partial charge in [0.2, 0.25) is 0 Å². The van der Waals surface area contributed by atoms with E-state index in [2.05, 4.69) is 20.2 Å². The fourth-order valence-corrected chi connectivity index (χ4v) is 5.08. The van der Waals surface area contributed by atoms with Crippen LogP contribution < -0.4 is 10.2 Å². The molecule has 4 aromatic rings. The van der Waals surface area contributed by atoms with Crippen LogP contribution in [0.25, 0.3) is 0 Å². The highest BCUT2D eigenvalue weighted by molar-refractivity contribution is 7.14. The van der Waals surface area contributed by atoms with E-state index in [1.807, 2.05) is 34.3 Å². The van der Waals surface area contributed by atoms with Gasteiger partial charge >= 0.3 is 6.18 Å². The number of rotatable bonds is 6. The molecule has 35 heavy (non-hydrogen) atoms. The van der Waals surface area contributed by atoms with Crippen molar-refractivity contribution in [2.75, 3.05) is 16.8 Å². The highest BCUT2D eigenvalue weighted by Gasteiger charge is 2.32. The number of nitrogens with zero attached hydrogens (tertiary/aromatic N) is 4. The lowest BCUT2D eigenvalue weighted by Crippen LogP contribution is -2.23. The molecule has 1 fully saturated rings. The normalized spacial score (nSPS) is 16.0. The number of pyridine rings is 1. The van der Waals surface area contributed by atoms with E-state index >= 15 is 0 Å². The average molecular weight is 498 g/mol. The molecule has 3 aromatic heterocycles. The summed E-state index contributed by atoms with van der Waals surface area (Å²) < 4.78 is 40.6. The van der Waals surface area contributed by atoms with E-state index in [-0.39, 0.29) is 11.9 Å². The first-order valence-corrected chi connectivity index (χ1v) is 12.0. The Balaban J connectivity index is 1.28. The second-order valence-corrected chi connectivity index (χ2v) is 9.16. The van der Waals surface area contributed by atoms with Crippen LogP contribution in [0.4, 0.5) is 24.0 Å². The van der Waals surface area contributed by atoms with Gasteiger partial charge in [-0.15, -0.1) is 11.3 Å². The number of aromatic nitrogens is 3. The monoisotopic (exact) mass is 497 g/mol. The number of hydrogen-bond acceptors (Lipinski definition) is 5. The van der Waals surface area contributed by atoms with Crippen molar-refractivity contribution < 1.29 is 18.0 Å². The minimum atomic E-state index is -4.36. The summed E-state index contributed by atoms with van der Waals surface area (Å²) in [7, 11) is 0. The van der Waals surface area contributed by atoms with Gasteiger partial charge in [-0.1, -0.05) is 0 Å². The third-order valence-corrected chi connectivity index (χ3v) is 6.80. The molecule has 1 amide bonds. The molecule has 10 heteroatoms. The number of benzene rings is 1. The first kappa shape index (κ1) is 23.1. The van der Waals surface area contributed by atoms with E-state index < -0.39 is 11.7 Å². The molecule has 0 aliphatic carbocycles. The number of halogens is 3. The van der Waals surface area contributed by atoms with E-state index in [4.69, 9.17) is 0 Å². The van der Waals surface area contributed by atoms with Gasteiger partial charge in [-0.25, -0.2) is 4.98 Å². The molecular weight excluding hydrogens is 475 g/mol. The Hall–Kier alpha value is -3.66. The van der Waals surface area contributed by atoms with Crippen LogP contribution in [0.2, 0.25) is 0 Å². The molecule has 0 bridgehead atoms. The molecule has 5 rings (SSSR count). The van der Waals surface area contributed by atoms with Crippen molar-refractivity contribution in [3.05, 3.63) is 95.0 Å². The van der Waals surface area contributed by atoms with Crippen molar-refractivity contribution in [3.63, 3.8) is 0 Å². The first-order valence-electron chi connectivity index (χ1n) is 11.1. The first-order chi connectivity index (χ1) is 16.9. The Morgan fingerprint density at radius 3 is 2.63 bits per heavy atom. The number of thiazole rings is 1. The zero-order valence-corrected chi connectivity index (χ0v) is 19.4. The molecule has 1 aliphatic rings. The lowest BCUT2D eigenvalue weighted by molar-refractivity contribution is -0.137. The van der Waals surface area contributed by atoms with Crippen LogP contribution in [-0.4, -0.2) is 27.0 Å². The molecule has 6 nitrogen and oxygen atoms in total. The van der Waals surface area contributed by atoms with Crippen LogP contribution in [0.1, 0.15) is 46.2 Å². The zero-order chi connectivity index (χ0) is 24.4. The Kier molecular flexibility index (Phi) is 6.29. The van der Waals surface area contributed by atoms with Gasteiger partial charge in [0.1, 0.15) is 5.69 Å². The minimum Gasteiger partial charge on any atom is -0.363 e. The number of amides is 1. The number of carbonyl (C=O) groups excluding carboxylic acids is 1. The molecular formula is C25H22F3N5OS.